The van der Waals surface area contributed by atoms with E-state index in [0.717, 1.165) is 12.5 Å². The van der Waals surface area contributed by atoms with E-state index in [1.165, 1.54) is 6.08 Å². The molecule has 0 aromatic heterocycles. The van der Waals surface area contributed by atoms with Gasteiger partial charge in [0.25, 0.3) is 0 Å². The van der Waals surface area contributed by atoms with Gasteiger partial charge in [0.2, 0.25) is 0 Å². The topological polar surface area (TPSA) is 66.8 Å². The Labute approximate surface area is 113 Å². The summed E-state index contributed by atoms with van der Waals surface area (Å²) in [7, 11) is 1.82. The third-order valence-corrected chi connectivity index (χ3v) is 1.93. The van der Waals surface area contributed by atoms with E-state index in [1.54, 1.807) is 12.2 Å². The fourth-order valence-corrected chi connectivity index (χ4v) is 1.01. The van der Waals surface area contributed by atoms with Crippen molar-refractivity contribution in [2.45, 2.75) is 13.3 Å². The molecule has 0 aliphatic rings. The quantitative estimate of drug-likeness (QED) is 0.424. The highest BCUT2D eigenvalue weighted by Crippen LogP contribution is 1.85. The number of esters is 1. The Morgan fingerprint density at radius 2 is 2.00 bits per heavy atom. The normalized spacial score (nSPS) is 10.7. The molecule has 19 heavy (non-hydrogen) atoms. The van der Waals surface area contributed by atoms with E-state index >= 15 is 0 Å². The Morgan fingerprint density at radius 3 is 2.63 bits per heavy atom. The minimum atomic E-state index is -0.966. The number of carbonyl (C=O) groups excluding carboxylic acids is 1. The molecule has 0 heterocycles. The van der Waals surface area contributed by atoms with E-state index < -0.39 is 11.9 Å². The summed E-state index contributed by atoms with van der Waals surface area (Å²) in [6, 6.07) is 0. The van der Waals surface area contributed by atoms with Gasteiger partial charge >= 0.3 is 11.9 Å². The van der Waals surface area contributed by atoms with Gasteiger partial charge in [0.15, 0.2) is 6.61 Å². The average Bonchev–Trinajstić information content (AvgIpc) is 2.35. The van der Waals surface area contributed by atoms with E-state index in [-0.39, 0.29) is 6.61 Å². The van der Waals surface area contributed by atoms with Gasteiger partial charge in [0.1, 0.15) is 0 Å². The van der Waals surface area contributed by atoms with Crippen molar-refractivity contribution >= 4 is 11.9 Å². The number of allylic oxidation sites excluding steroid dienone is 1. The molecule has 5 heteroatoms. The first-order chi connectivity index (χ1) is 9.06. The summed E-state index contributed by atoms with van der Waals surface area (Å²) in [5.41, 5.74) is 0. The van der Waals surface area contributed by atoms with Crippen molar-refractivity contribution < 1.29 is 19.4 Å². The summed E-state index contributed by atoms with van der Waals surface area (Å²) < 4.78 is 4.83. The molecule has 0 atom stereocenters. The molecule has 0 spiro atoms. The molecule has 0 saturated carbocycles. The van der Waals surface area contributed by atoms with Crippen LogP contribution in [0.2, 0.25) is 0 Å². The largest absolute Gasteiger partial charge is 0.478 e. The van der Waals surface area contributed by atoms with Gasteiger partial charge in [-0.15, -0.1) is 0 Å². The summed E-state index contributed by atoms with van der Waals surface area (Å²) in [4.78, 5) is 23.1. The standard InChI is InChI=1S/C14H19NO4/c1-3-4-9-14(18)19-12-6-5-10-15(2)11-7-8-13(16)17/h4,7-9H,3,10-12H2,1-2H3,(H,16,17)/b8-7+,9-4+. The molecular weight excluding hydrogens is 246 g/mol. The van der Waals surface area contributed by atoms with Gasteiger partial charge in [0, 0.05) is 18.7 Å². The van der Waals surface area contributed by atoms with Crippen molar-refractivity contribution in [2.75, 3.05) is 26.7 Å². The van der Waals surface area contributed by atoms with E-state index in [9.17, 15) is 9.59 Å². The lowest BCUT2D eigenvalue weighted by Gasteiger charge is -2.08. The molecule has 0 rings (SSSR count). The molecular formula is C14H19NO4. The molecule has 0 radical (unpaired) electrons. The van der Waals surface area contributed by atoms with E-state index in [4.69, 9.17) is 9.84 Å². The monoisotopic (exact) mass is 265 g/mol. The average molecular weight is 265 g/mol. The lowest BCUT2D eigenvalue weighted by atomic mass is 10.4. The van der Waals surface area contributed by atoms with Crippen molar-refractivity contribution in [3.05, 3.63) is 24.3 Å². The Kier molecular flexibility index (Phi) is 9.86. The van der Waals surface area contributed by atoms with Crippen LogP contribution >= 0.6 is 0 Å². The van der Waals surface area contributed by atoms with Crippen LogP contribution < -0.4 is 0 Å². The highest BCUT2D eigenvalue weighted by Gasteiger charge is 1.93. The first-order valence-electron chi connectivity index (χ1n) is 5.93. The zero-order valence-electron chi connectivity index (χ0n) is 11.3. The number of ether oxygens (including phenoxy) is 1. The number of likely N-dealkylation sites (N-methyl/N-ethyl adjacent to an activating group) is 1. The summed E-state index contributed by atoms with van der Waals surface area (Å²) in [6.45, 7) is 2.97. The SMILES string of the molecule is CC/C=C/C(=O)OCC#CCN(C)C/C=C/C(=O)O. The summed E-state index contributed by atoms with van der Waals surface area (Å²) >= 11 is 0. The van der Waals surface area contributed by atoms with Crippen LogP contribution in [0.25, 0.3) is 0 Å². The lowest BCUT2D eigenvalue weighted by Crippen LogP contribution is -2.18. The number of hydrogen-bond acceptors (Lipinski definition) is 4. The number of carboxylic acids is 1. The van der Waals surface area contributed by atoms with Gasteiger partial charge in [-0.3, -0.25) is 4.90 Å². The number of rotatable bonds is 7. The Hall–Kier alpha value is -2.06. The van der Waals surface area contributed by atoms with Crippen LogP contribution in [-0.2, 0) is 14.3 Å². The molecule has 0 saturated heterocycles. The van der Waals surface area contributed by atoms with Gasteiger partial charge in [-0.05, 0) is 13.5 Å². The van der Waals surface area contributed by atoms with Crippen LogP contribution in [0.15, 0.2) is 24.3 Å². The fraction of sp³-hybridized carbons (Fsp3) is 0.429. The molecule has 0 aliphatic heterocycles. The molecule has 5 nitrogen and oxygen atoms in total. The van der Waals surface area contributed by atoms with Gasteiger partial charge in [-0.25, -0.2) is 9.59 Å². The van der Waals surface area contributed by atoms with Crippen molar-refractivity contribution in [3.8, 4) is 11.8 Å². The highest BCUT2D eigenvalue weighted by atomic mass is 16.5. The molecule has 104 valence electrons. The molecule has 0 bridgehead atoms. The molecule has 0 unspecified atom stereocenters. The minimum Gasteiger partial charge on any atom is -0.478 e. The van der Waals surface area contributed by atoms with Crippen molar-refractivity contribution in [2.24, 2.45) is 0 Å². The van der Waals surface area contributed by atoms with E-state index in [2.05, 4.69) is 11.8 Å². The van der Waals surface area contributed by atoms with Gasteiger partial charge < -0.3 is 9.84 Å². The summed E-state index contributed by atoms with van der Waals surface area (Å²) in [5.74, 6) is 4.18. The van der Waals surface area contributed by atoms with Crippen LogP contribution in [-0.4, -0.2) is 48.7 Å². The fourth-order valence-electron chi connectivity index (χ4n) is 1.01. The summed E-state index contributed by atoms with van der Waals surface area (Å²) in [6.07, 6.45) is 6.52. The van der Waals surface area contributed by atoms with Gasteiger partial charge in [0.05, 0.1) is 6.54 Å². The van der Waals surface area contributed by atoms with Crippen molar-refractivity contribution in [1.82, 2.24) is 4.90 Å². The number of nitrogens with zero attached hydrogens (tertiary/aromatic N) is 1. The molecule has 0 amide bonds. The third-order valence-electron chi connectivity index (χ3n) is 1.93. The second-order valence-electron chi connectivity index (χ2n) is 3.71. The van der Waals surface area contributed by atoms with Crippen LogP contribution in [0.1, 0.15) is 13.3 Å². The van der Waals surface area contributed by atoms with Crippen molar-refractivity contribution in [1.29, 1.82) is 0 Å². The van der Waals surface area contributed by atoms with Gasteiger partial charge in [-0.2, -0.15) is 0 Å². The maximum Gasteiger partial charge on any atom is 0.331 e. The number of hydrogen-bond donors (Lipinski definition) is 1. The molecule has 0 fully saturated rings. The van der Waals surface area contributed by atoms with E-state index in [0.29, 0.717) is 13.1 Å². The highest BCUT2D eigenvalue weighted by molar-refractivity contribution is 5.82. The second kappa shape index (κ2) is 11.1. The van der Waals surface area contributed by atoms with Crippen LogP contribution in [0.4, 0.5) is 0 Å². The molecule has 1 N–H and O–H groups in total. The predicted octanol–water partition coefficient (Wildman–Crippen LogP) is 1.07. The Bertz CT molecular complexity index is 401. The number of aliphatic carboxylic acids is 1. The zero-order valence-corrected chi connectivity index (χ0v) is 11.3. The maximum absolute atomic E-state index is 11.1. The number of carboxylic acid groups (broad SMARTS) is 1. The Balaban J connectivity index is 3.77. The predicted molar refractivity (Wildman–Crippen MR) is 72.4 cm³/mol. The maximum atomic E-state index is 11.1. The minimum absolute atomic E-state index is 0.0612. The molecule has 0 aromatic rings. The van der Waals surface area contributed by atoms with Crippen LogP contribution in [0.5, 0.6) is 0 Å². The summed E-state index contributed by atoms with van der Waals surface area (Å²) in [5, 5.41) is 8.40. The molecule has 0 aromatic carbocycles. The molecule has 0 aliphatic carbocycles. The lowest BCUT2D eigenvalue weighted by molar-refractivity contribution is -0.136. The number of carbonyl (C=O) groups is 2. The van der Waals surface area contributed by atoms with E-state index in [1.807, 2.05) is 18.9 Å². The first kappa shape index (κ1) is 16.9. The first-order valence-corrected chi connectivity index (χ1v) is 5.93. The van der Waals surface area contributed by atoms with Crippen LogP contribution in [0.3, 0.4) is 0 Å². The zero-order chi connectivity index (χ0) is 14.5. The Morgan fingerprint density at radius 1 is 1.26 bits per heavy atom. The second-order valence-corrected chi connectivity index (χ2v) is 3.71. The smallest absolute Gasteiger partial charge is 0.331 e. The van der Waals surface area contributed by atoms with Crippen LogP contribution in [0, 0.1) is 11.8 Å². The third kappa shape index (κ3) is 12.2. The van der Waals surface area contributed by atoms with Crippen molar-refractivity contribution in [3.63, 3.8) is 0 Å². The van der Waals surface area contributed by atoms with Gasteiger partial charge in [-0.1, -0.05) is 30.9 Å².